The average molecular weight is 340 g/mol. The van der Waals surface area contributed by atoms with E-state index in [2.05, 4.69) is 21.0 Å². The number of aryl methyl sites for hydroxylation is 2. The maximum Gasteiger partial charge on any atom is 0.335 e. The largest absolute Gasteiger partial charge is 0.478 e. The molecule has 106 valence electrons. The number of aromatic nitrogens is 3. The third-order valence-electron chi connectivity index (χ3n) is 3.07. The van der Waals surface area contributed by atoms with Crippen molar-refractivity contribution in [3.63, 3.8) is 0 Å². The average Bonchev–Trinajstić information content (AvgIpc) is 2.67. The summed E-state index contributed by atoms with van der Waals surface area (Å²) in [6.45, 7) is 2.34. The van der Waals surface area contributed by atoms with Crippen LogP contribution in [0.4, 0.5) is 0 Å². The maximum atomic E-state index is 11.9. The second-order valence-electron chi connectivity index (χ2n) is 4.37. The Balaban J connectivity index is 2.38. The standard InChI is InChI=1S/C13H14BrN3O3/c1-3-9-12(14)10(16(2)15-9)7-17-5-4-8(13(19)20)6-11(17)18/h4-6H,3,7H2,1-2H3,(H,19,20). The number of nitrogens with zero attached hydrogens (tertiary/aromatic N) is 3. The van der Waals surface area contributed by atoms with Gasteiger partial charge in [-0.05, 0) is 28.4 Å². The third-order valence-corrected chi connectivity index (χ3v) is 3.98. The summed E-state index contributed by atoms with van der Waals surface area (Å²) in [5, 5.41) is 13.2. The molecule has 0 fully saturated rings. The lowest BCUT2D eigenvalue weighted by molar-refractivity contribution is 0.0696. The Labute approximate surface area is 123 Å². The van der Waals surface area contributed by atoms with Crippen molar-refractivity contribution in [1.82, 2.24) is 14.3 Å². The van der Waals surface area contributed by atoms with Crippen molar-refractivity contribution in [2.45, 2.75) is 19.9 Å². The number of rotatable bonds is 4. The summed E-state index contributed by atoms with van der Waals surface area (Å²) in [5.41, 5.74) is 1.44. The number of carbonyl (C=O) groups is 1. The summed E-state index contributed by atoms with van der Waals surface area (Å²) >= 11 is 3.49. The first-order valence-corrected chi connectivity index (χ1v) is 6.87. The topological polar surface area (TPSA) is 77.1 Å². The van der Waals surface area contributed by atoms with Gasteiger partial charge in [-0.1, -0.05) is 6.92 Å². The number of aromatic carboxylic acids is 1. The van der Waals surface area contributed by atoms with E-state index in [-0.39, 0.29) is 11.1 Å². The Hall–Kier alpha value is -1.89. The molecule has 0 bridgehead atoms. The van der Waals surface area contributed by atoms with E-state index in [1.807, 2.05) is 14.0 Å². The van der Waals surface area contributed by atoms with Crippen LogP contribution >= 0.6 is 15.9 Å². The molecule has 0 spiro atoms. The molecule has 0 radical (unpaired) electrons. The van der Waals surface area contributed by atoms with Gasteiger partial charge in [-0.25, -0.2) is 4.79 Å². The number of pyridine rings is 1. The van der Waals surface area contributed by atoms with Crippen molar-refractivity contribution in [2.75, 3.05) is 0 Å². The van der Waals surface area contributed by atoms with Crippen LogP contribution in [0.15, 0.2) is 27.6 Å². The number of halogens is 1. The molecule has 20 heavy (non-hydrogen) atoms. The molecule has 0 aliphatic rings. The first-order chi connectivity index (χ1) is 9.43. The van der Waals surface area contributed by atoms with Gasteiger partial charge in [0.25, 0.3) is 5.56 Å². The van der Waals surface area contributed by atoms with Crippen LogP contribution in [0.2, 0.25) is 0 Å². The van der Waals surface area contributed by atoms with E-state index in [1.165, 1.54) is 16.8 Å². The minimum Gasteiger partial charge on any atom is -0.478 e. The summed E-state index contributed by atoms with van der Waals surface area (Å²) in [5.74, 6) is -1.11. The molecule has 0 aromatic carbocycles. The van der Waals surface area contributed by atoms with Crippen LogP contribution in [0, 0.1) is 0 Å². The zero-order valence-corrected chi connectivity index (χ0v) is 12.7. The molecule has 2 aromatic heterocycles. The quantitative estimate of drug-likeness (QED) is 0.918. The van der Waals surface area contributed by atoms with Crippen molar-refractivity contribution in [3.05, 3.63) is 50.1 Å². The highest BCUT2D eigenvalue weighted by molar-refractivity contribution is 9.10. The second-order valence-corrected chi connectivity index (χ2v) is 5.16. The smallest absolute Gasteiger partial charge is 0.335 e. The van der Waals surface area contributed by atoms with Crippen molar-refractivity contribution in [3.8, 4) is 0 Å². The lowest BCUT2D eigenvalue weighted by Gasteiger charge is -2.07. The van der Waals surface area contributed by atoms with Crippen molar-refractivity contribution in [2.24, 2.45) is 7.05 Å². The molecule has 0 amide bonds. The molecule has 0 saturated heterocycles. The monoisotopic (exact) mass is 339 g/mol. The Morgan fingerprint density at radius 3 is 2.70 bits per heavy atom. The van der Waals surface area contributed by atoms with Crippen LogP contribution in [0.25, 0.3) is 0 Å². The van der Waals surface area contributed by atoms with Crippen LogP contribution in [-0.4, -0.2) is 25.4 Å². The molecule has 1 N–H and O–H groups in total. The summed E-state index contributed by atoms with van der Waals surface area (Å²) < 4.78 is 4.06. The fraction of sp³-hybridized carbons (Fsp3) is 0.308. The first kappa shape index (κ1) is 14.5. The zero-order valence-electron chi connectivity index (χ0n) is 11.1. The highest BCUT2D eigenvalue weighted by atomic mass is 79.9. The van der Waals surface area contributed by atoms with Crippen LogP contribution in [0.1, 0.15) is 28.7 Å². The lowest BCUT2D eigenvalue weighted by atomic mass is 10.2. The SMILES string of the molecule is CCc1nn(C)c(Cn2ccc(C(=O)O)cc2=O)c1Br. The molecule has 7 heteroatoms. The van der Waals surface area contributed by atoms with Crippen molar-refractivity contribution >= 4 is 21.9 Å². The maximum absolute atomic E-state index is 11.9. The second kappa shape index (κ2) is 5.62. The fourth-order valence-electron chi connectivity index (χ4n) is 1.92. The van der Waals surface area contributed by atoms with Gasteiger partial charge < -0.3 is 9.67 Å². The molecule has 0 saturated carbocycles. The van der Waals surface area contributed by atoms with Gasteiger partial charge in [0.05, 0.1) is 28.0 Å². The predicted molar refractivity (Wildman–Crippen MR) is 77.0 cm³/mol. The molecule has 0 atom stereocenters. The Morgan fingerprint density at radius 1 is 1.50 bits per heavy atom. The Kier molecular flexibility index (Phi) is 4.08. The molecule has 2 rings (SSSR count). The van der Waals surface area contributed by atoms with Crippen molar-refractivity contribution in [1.29, 1.82) is 0 Å². The molecule has 0 aliphatic heterocycles. The molecular formula is C13H14BrN3O3. The van der Waals surface area contributed by atoms with Gasteiger partial charge in [-0.3, -0.25) is 9.48 Å². The molecule has 0 aliphatic carbocycles. The van der Waals surface area contributed by atoms with Gasteiger partial charge in [0, 0.05) is 19.3 Å². The summed E-state index contributed by atoms with van der Waals surface area (Å²) in [4.78, 5) is 22.7. The van der Waals surface area contributed by atoms with E-state index in [0.29, 0.717) is 6.54 Å². The van der Waals surface area contributed by atoms with Gasteiger partial charge in [0.1, 0.15) is 0 Å². The summed E-state index contributed by atoms with van der Waals surface area (Å²) in [7, 11) is 1.82. The Bertz CT molecular complexity index is 718. The van der Waals surface area contributed by atoms with E-state index in [0.717, 1.165) is 28.3 Å². The van der Waals surface area contributed by atoms with E-state index < -0.39 is 5.97 Å². The van der Waals surface area contributed by atoms with Gasteiger partial charge in [0.2, 0.25) is 0 Å². The van der Waals surface area contributed by atoms with Gasteiger partial charge in [-0.2, -0.15) is 5.10 Å². The van der Waals surface area contributed by atoms with Crippen LogP contribution in [0.5, 0.6) is 0 Å². The highest BCUT2D eigenvalue weighted by Gasteiger charge is 2.14. The summed E-state index contributed by atoms with van der Waals surface area (Å²) in [6, 6.07) is 2.53. The van der Waals surface area contributed by atoms with E-state index >= 15 is 0 Å². The number of carboxylic acids is 1. The molecule has 2 aromatic rings. The van der Waals surface area contributed by atoms with Crippen molar-refractivity contribution < 1.29 is 9.90 Å². The van der Waals surface area contributed by atoms with Crippen LogP contribution in [0.3, 0.4) is 0 Å². The van der Waals surface area contributed by atoms with E-state index in [9.17, 15) is 9.59 Å². The van der Waals surface area contributed by atoms with E-state index in [4.69, 9.17) is 5.11 Å². The minimum absolute atomic E-state index is 0.00966. The van der Waals surface area contributed by atoms with Gasteiger partial charge in [-0.15, -0.1) is 0 Å². The zero-order chi connectivity index (χ0) is 14.9. The van der Waals surface area contributed by atoms with E-state index in [1.54, 1.807) is 4.68 Å². The summed E-state index contributed by atoms with van der Waals surface area (Å²) in [6.07, 6.45) is 2.28. The third kappa shape index (κ3) is 2.67. The minimum atomic E-state index is -1.11. The van der Waals surface area contributed by atoms with Crippen LogP contribution < -0.4 is 5.56 Å². The lowest BCUT2D eigenvalue weighted by Crippen LogP contribution is -2.22. The molecular weight excluding hydrogens is 326 g/mol. The number of carboxylic acid groups (broad SMARTS) is 1. The Morgan fingerprint density at radius 2 is 2.20 bits per heavy atom. The molecule has 0 unspecified atom stereocenters. The highest BCUT2D eigenvalue weighted by Crippen LogP contribution is 2.22. The predicted octanol–water partition coefficient (Wildman–Crippen LogP) is 1.65. The van der Waals surface area contributed by atoms with Crippen LogP contribution in [-0.2, 0) is 20.0 Å². The molecule has 6 nitrogen and oxygen atoms in total. The number of hydrogen-bond acceptors (Lipinski definition) is 3. The normalized spacial score (nSPS) is 10.8. The molecule has 2 heterocycles. The van der Waals surface area contributed by atoms with Gasteiger partial charge >= 0.3 is 5.97 Å². The fourth-order valence-corrected chi connectivity index (χ4v) is 2.67. The number of hydrogen-bond donors (Lipinski definition) is 1. The first-order valence-electron chi connectivity index (χ1n) is 6.08. The van der Waals surface area contributed by atoms with Gasteiger partial charge in [0.15, 0.2) is 0 Å².